The molecule has 0 bridgehead atoms. The lowest BCUT2D eigenvalue weighted by Gasteiger charge is -2.28. The number of phenolic OH excluding ortho intramolecular Hbond substituents is 3. The molecule has 1 fully saturated rings. The number of nitrogens with two attached hydrogens (primary N) is 1. The van der Waals surface area contributed by atoms with Crippen LogP contribution < -0.4 is 69.5 Å². The van der Waals surface area contributed by atoms with E-state index >= 15 is 4.79 Å². The van der Waals surface area contributed by atoms with Gasteiger partial charge in [-0.3, -0.25) is 67.1 Å². The number of amides is 12. The van der Waals surface area contributed by atoms with Gasteiger partial charge in [0.2, 0.25) is 70.9 Å². The molecule has 1 aliphatic rings. The van der Waals surface area contributed by atoms with Gasteiger partial charge in [-0.2, -0.15) is 11.8 Å². The molecule has 0 spiro atoms. The summed E-state index contributed by atoms with van der Waals surface area (Å²) in [6.07, 6.45) is 3.76. The number of aliphatic carboxylic acids is 2. The van der Waals surface area contributed by atoms with E-state index in [9.17, 15) is 87.9 Å². The van der Waals surface area contributed by atoms with Gasteiger partial charge in [-0.05, 0) is 96.3 Å². The van der Waals surface area contributed by atoms with Crippen LogP contribution in [0.5, 0.6) is 17.2 Å². The summed E-state index contributed by atoms with van der Waals surface area (Å²) in [6, 6.07) is 7.22. The molecule has 4 aromatic carbocycles. The summed E-state index contributed by atoms with van der Waals surface area (Å²) in [7, 11) is 1.59. The molecule has 4 aromatic rings. The molecular weight excluding hydrogens is 1400 g/mol. The number of thioether (sulfide) groups is 1. The highest BCUT2D eigenvalue weighted by Gasteiger charge is 2.37. The molecule has 0 saturated carbocycles. The Morgan fingerprint density at radius 3 is 1.68 bits per heavy atom. The highest BCUT2D eigenvalue weighted by molar-refractivity contribution is 8.76. The molecule has 12 amide bonds. The molecule has 1 saturated heterocycles. The molecule has 11 atom stereocenters. The van der Waals surface area contributed by atoms with Gasteiger partial charge in [-0.25, -0.2) is 0 Å². The second kappa shape index (κ2) is 42.0. The molecule has 0 aliphatic carbocycles. The SMILES string of the molecule is C#CCNC(=O)[C@@H](NC(=O)[C@H](CC(=O)O)NC(=O)[C@H](CCSC)NC(=O)[C@H](Cc1ccc(O)cc1)NC(=O)[C@@H]1CSSC[C@H](NC(=O)[C@@H](N)Cc2ccc(O)cc2)C(=O)N[C@@H](CC(=O)O)C(=O)NCC(=O)N[C@@H](Cc2ccccc2)C(=O)N[C@H](Cc2ccc(O)cc2)C(=O)N[C@@H](C)C(=O)N1)C(C)C. The fourth-order valence-electron chi connectivity index (χ4n) is 9.95. The first kappa shape index (κ1) is 83.1. The summed E-state index contributed by atoms with van der Waals surface area (Å²) in [4.78, 5) is 195. The van der Waals surface area contributed by atoms with Crippen molar-refractivity contribution in [2.45, 2.75) is 132 Å². The van der Waals surface area contributed by atoms with E-state index in [1.165, 1.54) is 91.5 Å². The first-order valence-corrected chi connectivity index (χ1v) is 36.1. The number of carboxylic acid groups (broad SMARTS) is 2. The van der Waals surface area contributed by atoms with E-state index in [1.807, 2.05) is 0 Å². The average molecular weight is 1480 g/mol. The lowest BCUT2D eigenvalue weighted by atomic mass is 10.0. The van der Waals surface area contributed by atoms with E-state index in [-0.39, 0.29) is 61.7 Å². The van der Waals surface area contributed by atoms with Crippen molar-refractivity contribution >= 4 is 116 Å². The van der Waals surface area contributed by atoms with Gasteiger partial charge in [0.05, 0.1) is 32.0 Å². The summed E-state index contributed by atoms with van der Waals surface area (Å²) in [5.74, 6) is -14.9. The number of phenols is 3. The summed E-state index contributed by atoms with van der Waals surface area (Å²) in [5.41, 5.74) is 8.01. The predicted octanol–water partition coefficient (Wildman–Crippen LogP) is -2.11. The van der Waals surface area contributed by atoms with Gasteiger partial charge in [-0.1, -0.05) is 108 Å². The average Bonchev–Trinajstić information content (AvgIpc) is 0.975. The van der Waals surface area contributed by atoms with Crippen LogP contribution in [0.4, 0.5) is 0 Å². The summed E-state index contributed by atoms with van der Waals surface area (Å²) in [6.45, 7) is 3.33. The van der Waals surface area contributed by atoms with E-state index in [2.05, 4.69) is 69.7 Å². The number of nitrogens with one attached hydrogen (secondary N) is 12. The van der Waals surface area contributed by atoms with Crippen molar-refractivity contribution < 1.29 is 92.7 Å². The van der Waals surface area contributed by atoms with Gasteiger partial charge in [0.25, 0.3) is 0 Å². The fourth-order valence-corrected chi connectivity index (χ4v) is 12.8. The van der Waals surface area contributed by atoms with Crippen LogP contribution in [0.3, 0.4) is 0 Å². The van der Waals surface area contributed by atoms with Crippen LogP contribution in [0.15, 0.2) is 103 Å². The van der Waals surface area contributed by atoms with Crippen molar-refractivity contribution in [1.82, 2.24) is 63.8 Å². The van der Waals surface area contributed by atoms with Gasteiger partial charge in [0.15, 0.2) is 0 Å². The van der Waals surface area contributed by atoms with Crippen LogP contribution in [-0.2, 0) is 92.8 Å². The van der Waals surface area contributed by atoms with Crippen molar-refractivity contribution in [3.63, 3.8) is 0 Å². The molecule has 1 heterocycles. The third kappa shape index (κ3) is 28.8. The number of carbonyl (C=O) groups is 14. The van der Waals surface area contributed by atoms with Crippen molar-refractivity contribution in [3.05, 3.63) is 125 Å². The normalized spacial score (nSPS) is 19.5. The number of carboxylic acids is 2. The van der Waals surface area contributed by atoms with E-state index in [1.54, 1.807) is 50.4 Å². The highest BCUT2D eigenvalue weighted by atomic mass is 33.1. The third-order valence-corrected chi connectivity index (χ3v) is 18.6. The molecule has 1 aliphatic heterocycles. The molecule has 103 heavy (non-hydrogen) atoms. The Balaban J connectivity index is 1.57. The van der Waals surface area contributed by atoms with E-state index < -0.39 is 186 Å². The lowest BCUT2D eigenvalue weighted by molar-refractivity contribution is -0.142. The standard InChI is InChI=1S/C68H85N13O19S3/c1-6-25-70-68(100)57(36(2)3)81-65(97)51(32-56(88)89)78-61(93)46(24-26-101-5)74-64(96)49(30-41-16-22-44(84)23-17-41)76-66(98)52-34-102-103-35-53(80-59(91)45(69)27-39-12-18-42(82)19-13-39)67(99)77-50(31-55(86)87)60(92)71-33-54(85)73-47(28-38-10-8-7-9-11-38)63(95)75-48(29-40-14-20-43(83)21-15-40)62(94)72-37(4)58(90)79-52/h1,7-23,36-37,45-53,57,82-84H,24-35,69H2,2-5H3,(H,70,100)(H,71,92)(H,72,94)(H,73,85)(H,74,96)(H,75,95)(H,76,98)(H,77,99)(H,78,93)(H,79,90)(H,80,91)(H,81,97)(H,86,87)(H,88,89)/t37-,45-,46-,47-,48+,49-,50-,51-,52-,53-,57-/m0/s1. The van der Waals surface area contributed by atoms with Crippen LogP contribution in [0.2, 0.25) is 0 Å². The number of rotatable bonds is 28. The fraction of sp³-hybridized carbons (Fsp3) is 0.412. The molecule has 5 rings (SSSR count). The number of carbonyl (C=O) groups excluding carboxylic acids is 12. The highest BCUT2D eigenvalue weighted by Crippen LogP contribution is 2.25. The second-order valence-corrected chi connectivity index (χ2v) is 27.6. The second-order valence-electron chi connectivity index (χ2n) is 24.1. The Morgan fingerprint density at radius 2 is 1.11 bits per heavy atom. The summed E-state index contributed by atoms with van der Waals surface area (Å²) < 4.78 is 0. The minimum absolute atomic E-state index is 0.0823. The van der Waals surface area contributed by atoms with Gasteiger partial charge in [0.1, 0.15) is 77.7 Å². The molecule has 0 aromatic heterocycles. The first-order valence-electron chi connectivity index (χ1n) is 32.3. The Labute approximate surface area is 605 Å². The van der Waals surface area contributed by atoms with Gasteiger partial charge < -0.3 is 95.1 Å². The van der Waals surface area contributed by atoms with Gasteiger partial charge in [0, 0.05) is 30.8 Å². The third-order valence-electron chi connectivity index (χ3n) is 15.6. The first-order chi connectivity index (χ1) is 48.9. The topological polar surface area (TPSA) is 511 Å². The smallest absolute Gasteiger partial charge is 0.305 e. The van der Waals surface area contributed by atoms with Crippen LogP contribution >= 0.6 is 33.3 Å². The van der Waals surface area contributed by atoms with E-state index in [0.29, 0.717) is 22.3 Å². The van der Waals surface area contributed by atoms with Crippen LogP contribution in [0, 0.1) is 18.3 Å². The van der Waals surface area contributed by atoms with E-state index in [4.69, 9.17) is 12.2 Å². The monoisotopic (exact) mass is 1480 g/mol. The van der Waals surface area contributed by atoms with Crippen LogP contribution in [0.1, 0.15) is 62.3 Å². The van der Waals surface area contributed by atoms with Crippen molar-refractivity contribution in [1.29, 1.82) is 0 Å². The maximum atomic E-state index is 15.1. The quantitative estimate of drug-likeness (QED) is 0.0214. The number of terminal acetylenes is 1. The molecule has 0 unspecified atom stereocenters. The summed E-state index contributed by atoms with van der Waals surface area (Å²) >= 11 is 1.24. The Kier molecular flexibility index (Phi) is 33.9. The lowest BCUT2D eigenvalue weighted by Crippen LogP contribution is -2.61. The zero-order valence-corrected chi connectivity index (χ0v) is 59.0. The minimum atomic E-state index is -1.93. The van der Waals surface area contributed by atoms with Crippen LogP contribution in [-0.4, -0.2) is 211 Å². The number of hydrogen-bond acceptors (Lipinski definition) is 21. The van der Waals surface area contributed by atoms with Gasteiger partial charge in [-0.15, -0.1) is 6.42 Å². The Bertz CT molecular complexity index is 3680. The maximum absolute atomic E-state index is 15.1. The van der Waals surface area contributed by atoms with Crippen molar-refractivity contribution in [2.75, 3.05) is 36.6 Å². The number of benzene rings is 4. The van der Waals surface area contributed by atoms with Crippen molar-refractivity contribution in [2.24, 2.45) is 11.7 Å². The minimum Gasteiger partial charge on any atom is -0.508 e. The van der Waals surface area contributed by atoms with E-state index in [0.717, 1.165) is 21.6 Å². The Hall–Kier alpha value is -10.6. The zero-order chi connectivity index (χ0) is 75.9. The molecule has 19 N–H and O–H groups in total. The molecule has 0 radical (unpaired) electrons. The number of hydrogen-bond donors (Lipinski definition) is 18. The summed E-state index contributed by atoms with van der Waals surface area (Å²) in [5, 5.41) is 79.8. The number of aromatic hydroxyl groups is 3. The molecular formula is C68H85N13O19S3. The molecule has 32 nitrogen and oxygen atoms in total. The predicted molar refractivity (Wildman–Crippen MR) is 381 cm³/mol. The molecule has 554 valence electrons. The largest absolute Gasteiger partial charge is 0.508 e. The van der Waals surface area contributed by atoms with Crippen molar-refractivity contribution in [3.8, 4) is 29.6 Å². The Morgan fingerprint density at radius 1 is 0.583 bits per heavy atom. The molecule has 35 heteroatoms. The van der Waals surface area contributed by atoms with Gasteiger partial charge >= 0.3 is 11.9 Å². The zero-order valence-electron chi connectivity index (χ0n) is 56.6. The maximum Gasteiger partial charge on any atom is 0.305 e. The van der Waals surface area contributed by atoms with Crippen LogP contribution in [0.25, 0.3) is 0 Å².